The lowest BCUT2D eigenvalue weighted by atomic mass is 10.0. The molecule has 1 heterocycles. The van der Waals surface area contributed by atoms with Gasteiger partial charge in [-0.3, -0.25) is 9.59 Å². The van der Waals surface area contributed by atoms with Crippen molar-refractivity contribution in [3.05, 3.63) is 52.8 Å². The Morgan fingerprint density at radius 2 is 1.77 bits per heavy atom. The number of unbranched alkanes of at least 4 members (excludes halogenated alkanes) is 1. The molecule has 0 aliphatic rings. The summed E-state index contributed by atoms with van der Waals surface area (Å²) in [5, 5.41) is 11.3. The molecule has 30 heavy (non-hydrogen) atoms. The summed E-state index contributed by atoms with van der Waals surface area (Å²) in [6.45, 7) is 0.969. The minimum absolute atomic E-state index is 0.00621. The fourth-order valence-electron chi connectivity index (χ4n) is 3.43. The quantitative estimate of drug-likeness (QED) is 0.560. The number of benzene rings is 2. The third kappa shape index (κ3) is 5.04. The second-order valence-corrected chi connectivity index (χ2v) is 7.88. The minimum atomic E-state index is -0.217. The zero-order valence-corrected chi connectivity index (χ0v) is 18.0. The number of rotatable bonds is 8. The van der Waals surface area contributed by atoms with Crippen molar-refractivity contribution in [2.75, 3.05) is 45.0 Å². The molecule has 1 amide bonds. The topological polar surface area (TPSA) is 81.3 Å². The van der Waals surface area contributed by atoms with E-state index in [1.807, 2.05) is 69.5 Å². The fraction of sp³-hybridized carbons (Fsp3) is 0.348. The number of aromatic amines is 1. The van der Waals surface area contributed by atoms with Crippen LogP contribution in [0.5, 0.6) is 0 Å². The summed E-state index contributed by atoms with van der Waals surface area (Å²) >= 11 is 0. The molecule has 0 spiro atoms. The molecule has 0 saturated heterocycles. The van der Waals surface area contributed by atoms with E-state index in [0.29, 0.717) is 17.5 Å². The van der Waals surface area contributed by atoms with Crippen LogP contribution in [0, 0.1) is 0 Å². The first-order valence-electron chi connectivity index (χ1n) is 10.1. The van der Waals surface area contributed by atoms with Crippen LogP contribution >= 0.6 is 0 Å². The maximum absolute atomic E-state index is 12.5. The van der Waals surface area contributed by atoms with Gasteiger partial charge in [-0.15, -0.1) is 0 Å². The zero-order valence-electron chi connectivity index (χ0n) is 18.0. The Bertz CT molecular complexity index is 1090. The molecule has 0 aliphatic carbocycles. The molecule has 0 fully saturated rings. The summed E-state index contributed by atoms with van der Waals surface area (Å²) in [5.74, 6) is -0.00621. The van der Waals surface area contributed by atoms with Crippen LogP contribution in [0.4, 0.5) is 11.4 Å². The molecule has 7 nitrogen and oxygen atoms in total. The summed E-state index contributed by atoms with van der Waals surface area (Å²) in [7, 11) is 7.94. The van der Waals surface area contributed by atoms with Crippen molar-refractivity contribution in [3.63, 3.8) is 0 Å². The van der Waals surface area contributed by atoms with E-state index in [1.165, 1.54) is 0 Å². The van der Waals surface area contributed by atoms with Gasteiger partial charge in [0.2, 0.25) is 5.91 Å². The molecule has 0 saturated carbocycles. The predicted molar refractivity (Wildman–Crippen MR) is 123 cm³/mol. The number of carbonyl (C=O) groups excluding carboxylic acids is 1. The molecule has 7 heteroatoms. The van der Waals surface area contributed by atoms with E-state index in [2.05, 4.69) is 20.4 Å². The number of H-pyrrole nitrogens is 1. The van der Waals surface area contributed by atoms with Crippen LogP contribution in [0.1, 0.15) is 19.3 Å². The lowest BCUT2D eigenvalue weighted by molar-refractivity contribution is -0.116. The van der Waals surface area contributed by atoms with E-state index in [-0.39, 0.29) is 11.5 Å². The van der Waals surface area contributed by atoms with Gasteiger partial charge in [0, 0.05) is 31.5 Å². The van der Waals surface area contributed by atoms with Crippen LogP contribution in [0.15, 0.2) is 47.3 Å². The molecule has 2 N–H and O–H groups in total. The van der Waals surface area contributed by atoms with E-state index < -0.39 is 0 Å². The number of fused-ring (bicyclic) bond motifs is 1. The minimum Gasteiger partial charge on any atom is -0.376 e. The Morgan fingerprint density at radius 3 is 2.47 bits per heavy atom. The average molecular weight is 408 g/mol. The largest absolute Gasteiger partial charge is 0.376 e. The number of carbonyl (C=O) groups is 1. The summed E-state index contributed by atoms with van der Waals surface area (Å²) in [4.78, 5) is 28.7. The summed E-state index contributed by atoms with van der Waals surface area (Å²) in [5.41, 5.74) is 2.93. The number of nitrogens with zero attached hydrogens (tertiary/aromatic N) is 3. The van der Waals surface area contributed by atoms with Gasteiger partial charge in [0.15, 0.2) is 0 Å². The van der Waals surface area contributed by atoms with Crippen molar-refractivity contribution in [1.29, 1.82) is 0 Å². The van der Waals surface area contributed by atoms with Gasteiger partial charge in [-0.2, -0.15) is 5.10 Å². The van der Waals surface area contributed by atoms with Gasteiger partial charge in [-0.25, -0.2) is 5.10 Å². The first-order valence-corrected chi connectivity index (χ1v) is 10.1. The fourth-order valence-corrected chi connectivity index (χ4v) is 3.43. The Balaban J connectivity index is 1.90. The summed E-state index contributed by atoms with van der Waals surface area (Å²) < 4.78 is 0. The molecular formula is C23H29N5O2. The molecule has 158 valence electrons. The molecule has 3 rings (SSSR count). The normalized spacial score (nSPS) is 11.1. The number of hydrogen-bond donors (Lipinski definition) is 2. The van der Waals surface area contributed by atoms with Crippen LogP contribution < -0.4 is 15.8 Å². The Kier molecular flexibility index (Phi) is 6.84. The molecule has 2 aromatic carbocycles. The van der Waals surface area contributed by atoms with Crippen molar-refractivity contribution < 1.29 is 4.79 Å². The Morgan fingerprint density at radius 1 is 1.03 bits per heavy atom. The molecule has 0 atom stereocenters. The molecule has 1 aromatic heterocycles. The third-order valence-electron chi connectivity index (χ3n) is 4.98. The molecule has 3 aromatic rings. The van der Waals surface area contributed by atoms with Crippen LogP contribution in [0.2, 0.25) is 0 Å². The second-order valence-electron chi connectivity index (χ2n) is 7.88. The van der Waals surface area contributed by atoms with Crippen molar-refractivity contribution in [2.24, 2.45) is 0 Å². The van der Waals surface area contributed by atoms with Crippen LogP contribution in [0.3, 0.4) is 0 Å². The van der Waals surface area contributed by atoms with E-state index in [4.69, 9.17) is 0 Å². The van der Waals surface area contributed by atoms with Gasteiger partial charge in [0.25, 0.3) is 5.56 Å². The number of amides is 1. The van der Waals surface area contributed by atoms with Crippen molar-refractivity contribution >= 4 is 28.1 Å². The van der Waals surface area contributed by atoms with E-state index >= 15 is 0 Å². The first kappa shape index (κ1) is 21.5. The maximum atomic E-state index is 12.5. The number of aromatic nitrogens is 2. The van der Waals surface area contributed by atoms with Crippen molar-refractivity contribution in [3.8, 4) is 11.3 Å². The summed E-state index contributed by atoms with van der Waals surface area (Å²) in [6, 6.07) is 13.2. The summed E-state index contributed by atoms with van der Waals surface area (Å²) in [6.07, 6.45) is 2.30. The molecular weight excluding hydrogens is 378 g/mol. The monoisotopic (exact) mass is 407 g/mol. The smallest absolute Gasteiger partial charge is 0.272 e. The molecule has 0 radical (unpaired) electrons. The highest BCUT2D eigenvalue weighted by molar-refractivity contribution is 5.98. The van der Waals surface area contributed by atoms with Crippen LogP contribution in [0.25, 0.3) is 22.0 Å². The van der Waals surface area contributed by atoms with E-state index in [9.17, 15) is 9.59 Å². The van der Waals surface area contributed by atoms with Crippen LogP contribution in [-0.2, 0) is 4.79 Å². The van der Waals surface area contributed by atoms with Gasteiger partial charge in [0.05, 0.1) is 22.5 Å². The maximum Gasteiger partial charge on any atom is 0.272 e. The van der Waals surface area contributed by atoms with Gasteiger partial charge in [-0.1, -0.05) is 24.3 Å². The second kappa shape index (κ2) is 9.54. The number of nitrogens with one attached hydrogen (secondary N) is 2. The van der Waals surface area contributed by atoms with Gasteiger partial charge in [0.1, 0.15) is 0 Å². The molecule has 0 aliphatic heterocycles. The lowest BCUT2D eigenvalue weighted by Crippen LogP contribution is -2.17. The van der Waals surface area contributed by atoms with E-state index in [0.717, 1.165) is 41.7 Å². The van der Waals surface area contributed by atoms with Crippen LogP contribution in [-0.4, -0.2) is 55.7 Å². The lowest BCUT2D eigenvalue weighted by Gasteiger charge is -2.19. The standard InChI is InChI=1S/C23H29N5O2/c1-27(2)14-8-7-11-21(29)24-19-15-16(12-13-20(19)28(3)4)22-17-9-5-6-10-18(17)23(30)26-25-22/h5-6,9-10,12-13,15H,7-8,11,14H2,1-4H3,(H,24,29)(H,26,30). The SMILES string of the molecule is CN(C)CCCCC(=O)Nc1cc(-c2n[nH]c(=O)c3ccccc23)ccc1N(C)C. The Hall–Kier alpha value is -3.19. The highest BCUT2D eigenvalue weighted by Gasteiger charge is 2.14. The first-order chi connectivity index (χ1) is 14.4. The molecule has 0 unspecified atom stereocenters. The number of anilines is 2. The molecule has 0 bridgehead atoms. The highest BCUT2D eigenvalue weighted by atomic mass is 16.1. The van der Waals surface area contributed by atoms with E-state index in [1.54, 1.807) is 6.07 Å². The zero-order chi connectivity index (χ0) is 21.7. The number of hydrogen-bond acceptors (Lipinski definition) is 5. The van der Waals surface area contributed by atoms with Crippen molar-refractivity contribution in [2.45, 2.75) is 19.3 Å². The average Bonchev–Trinajstić information content (AvgIpc) is 2.71. The predicted octanol–water partition coefficient (Wildman–Crippen LogP) is 3.33. The Labute approximate surface area is 176 Å². The van der Waals surface area contributed by atoms with Gasteiger partial charge < -0.3 is 15.1 Å². The van der Waals surface area contributed by atoms with Crippen molar-refractivity contribution in [1.82, 2.24) is 15.1 Å². The van der Waals surface area contributed by atoms with Gasteiger partial charge in [-0.05, 0) is 51.7 Å². The van der Waals surface area contributed by atoms with Gasteiger partial charge >= 0.3 is 0 Å². The third-order valence-corrected chi connectivity index (χ3v) is 4.98. The highest BCUT2D eigenvalue weighted by Crippen LogP contribution is 2.32.